The van der Waals surface area contributed by atoms with Crippen LogP contribution in [0.25, 0.3) is 0 Å². The molecule has 156 valence electrons. The van der Waals surface area contributed by atoms with E-state index in [4.69, 9.17) is 4.74 Å². The zero-order valence-electron chi connectivity index (χ0n) is 17.4. The van der Waals surface area contributed by atoms with Gasteiger partial charge in [0.25, 0.3) is 5.91 Å². The largest absolute Gasteiger partial charge is 0.378 e. The van der Waals surface area contributed by atoms with Crippen molar-refractivity contribution in [1.29, 1.82) is 0 Å². The van der Waals surface area contributed by atoms with Crippen LogP contribution in [0.5, 0.6) is 0 Å². The van der Waals surface area contributed by atoms with Crippen molar-refractivity contribution in [3.63, 3.8) is 0 Å². The molecular formula is C22H29N3O4. The highest BCUT2D eigenvalue weighted by molar-refractivity contribution is 6.02. The molecule has 3 amide bonds. The lowest BCUT2D eigenvalue weighted by Gasteiger charge is -2.62. The van der Waals surface area contributed by atoms with Gasteiger partial charge in [-0.3, -0.25) is 14.4 Å². The minimum atomic E-state index is -0.695. The van der Waals surface area contributed by atoms with Gasteiger partial charge in [0.2, 0.25) is 11.8 Å². The first-order valence-electron chi connectivity index (χ1n) is 10.5. The molecule has 3 heterocycles. The summed E-state index contributed by atoms with van der Waals surface area (Å²) in [6.07, 6.45) is 0.421. The van der Waals surface area contributed by atoms with Crippen LogP contribution in [0, 0.1) is 0 Å². The van der Waals surface area contributed by atoms with E-state index in [1.54, 1.807) is 4.90 Å². The molecule has 1 unspecified atom stereocenters. The number of hydrogen-bond donors (Lipinski definition) is 0. The topological polar surface area (TPSA) is 70.2 Å². The molecule has 29 heavy (non-hydrogen) atoms. The average Bonchev–Trinajstić information content (AvgIpc) is 2.71. The molecule has 0 aromatic heterocycles. The molecule has 0 N–H and O–H groups in total. The smallest absolute Gasteiger partial charge is 0.255 e. The molecule has 1 aromatic carbocycles. The first-order valence-corrected chi connectivity index (χ1v) is 10.5. The van der Waals surface area contributed by atoms with Crippen molar-refractivity contribution in [3.8, 4) is 0 Å². The van der Waals surface area contributed by atoms with E-state index in [-0.39, 0.29) is 23.8 Å². The number of carbonyl (C=O) groups is 3. The van der Waals surface area contributed by atoms with E-state index in [1.165, 1.54) is 0 Å². The van der Waals surface area contributed by atoms with Crippen LogP contribution in [0.3, 0.4) is 0 Å². The fourth-order valence-electron chi connectivity index (χ4n) is 5.13. The lowest BCUT2D eigenvalue weighted by Crippen LogP contribution is -2.78. The maximum absolute atomic E-state index is 13.8. The van der Waals surface area contributed by atoms with Crippen LogP contribution in [0.4, 0.5) is 0 Å². The van der Waals surface area contributed by atoms with Gasteiger partial charge in [0.1, 0.15) is 0 Å². The molecule has 0 aliphatic carbocycles. The molecule has 2 fully saturated rings. The minimum absolute atomic E-state index is 0.0301. The predicted molar refractivity (Wildman–Crippen MR) is 107 cm³/mol. The zero-order valence-corrected chi connectivity index (χ0v) is 17.4. The van der Waals surface area contributed by atoms with Gasteiger partial charge in [0, 0.05) is 44.2 Å². The van der Waals surface area contributed by atoms with Gasteiger partial charge in [-0.05, 0) is 25.5 Å². The number of nitrogens with zero attached hydrogens (tertiary/aromatic N) is 3. The SMILES string of the molecule is CCC(=O)N1CC2(C1)C(C(=O)N1CCOCC1)c1ccccc1C(=O)N2C(C)C. The van der Waals surface area contributed by atoms with E-state index in [0.717, 1.165) is 5.56 Å². The molecule has 3 aliphatic heterocycles. The van der Waals surface area contributed by atoms with Crippen molar-refractivity contribution in [2.45, 2.75) is 44.7 Å². The van der Waals surface area contributed by atoms with Crippen LogP contribution in [0.1, 0.15) is 49.0 Å². The zero-order chi connectivity index (χ0) is 20.8. The van der Waals surface area contributed by atoms with Gasteiger partial charge in [-0.1, -0.05) is 25.1 Å². The lowest BCUT2D eigenvalue weighted by molar-refractivity contribution is -0.158. The summed E-state index contributed by atoms with van der Waals surface area (Å²) >= 11 is 0. The van der Waals surface area contributed by atoms with E-state index < -0.39 is 11.5 Å². The van der Waals surface area contributed by atoms with Gasteiger partial charge in [0.05, 0.1) is 24.7 Å². The second kappa shape index (κ2) is 7.44. The number of benzene rings is 1. The van der Waals surface area contributed by atoms with Crippen LogP contribution in [-0.4, -0.2) is 83.4 Å². The third kappa shape index (κ3) is 3.03. The Morgan fingerprint density at radius 3 is 2.41 bits per heavy atom. The molecule has 4 rings (SSSR count). The molecule has 2 saturated heterocycles. The third-order valence-electron chi connectivity index (χ3n) is 6.41. The number of rotatable bonds is 3. The maximum atomic E-state index is 13.8. The Hall–Kier alpha value is -2.41. The molecule has 7 heteroatoms. The monoisotopic (exact) mass is 399 g/mol. The van der Waals surface area contributed by atoms with Crippen molar-refractivity contribution in [2.24, 2.45) is 0 Å². The minimum Gasteiger partial charge on any atom is -0.378 e. The van der Waals surface area contributed by atoms with Crippen molar-refractivity contribution < 1.29 is 19.1 Å². The Morgan fingerprint density at radius 2 is 1.79 bits per heavy atom. The molecular weight excluding hydrogens is 370 g/mol. The summed E-state index contributed by atoms with van der Waals surface area (Å²) in [5, 5.41) is 0. The number of fused-ring (bicyclic) bond motifs is 1. The molecule has 7 nitrogen and oxygen atoms in total. The van der Waals surface area contributed by atoms with Gasteiger partial charge < -0.3 is 19.4 Å². The van der Waals surface area contributed by atoms with Crippen molar-refractivity contribution in [3.05, 3.63) is 35.4 Å². The highest BCUT2D eigenvalue weighted by Gasteiger charge is 2.62. The van der Waals surface area contributed by atoms with Crippen molar-refractivity contribution >= 4 is 17.7 Å². The summed E-state index contributed by atoms with van der Waals surface area (Å²) in [4.78, 5) is 45.0. The lowest BCUT2D eigenvalue weighted by atomic mass is 9.67. The number of morpholine rings is 1. The van der Waals surface area contributed by atoms with E-state index in [0.29, 0.717) is 51.4 Å². The van der Waals surface area contributed by atoms with Crippen LogP contribution < -0.4 is 0 Å². The Morgan fingerprint density at radius 1 is 1.14 bits per heavy atom. The summed E-state index contributed by atoms with van der Waals surface area (Å²) in [7, 11) is 0. The molecule has 3 aliphatic rings. The fraction of sp³-hybridized carbons (Fsp3) is 0.591. The number of likely N-dealkylation sites (tertiary alicyclic amines) is 1. The first-order chi connectivity index (χ1) is 13.9. The second-order valence-electron chi connectivity index (χ2n) is 8.43. The summed E-state index contributed by atoms with van der Waals surface area (Å²) in [5.41, 5.74) is 0.688. The van der Waals surface area contributed by atoms with Gasteiger partial charge in [0.15, 0.2) is 0 Å². The number of amides is 3. The summed E-state index contributed by atoms with van der Waals surface area (Å²) < 4.78 is 5.43. The van der Waals surface area contributed by atoms with Gasteiger partial charge >= 0.3 is 0 Å². The molecule has 1 spiro atoms. The standard InChI is InChI=1S/C22H29N3O4/c1-4-18(26)24-13-22(14-24)19(21(28)23-9-11-29-12-10-23)16-7-5-6-8-17(16)20(27)25(22)15(2)3/h5-8,15,19H,4,9-14H2,1-3H3. The quantitative estimate of drug-likeness (QED) is 0.772. The Balaban J connectivity index is 1.81. The third-order valence-corrected chi connectivity index (χ3v) is 6.41. The highest BCUT2D eigenvalue weighted by Crippen LogP contribution is 2.48. The second-order valence-corrected chi connectivity index (χ2v) is 8.43. The molecule has 1 aromatic rings. The Bertz CT molecular complexity index is 825. The molecule has 0 saturated carbocycles. The number of hydrogen-bond acceptors (Lipinski definition) is 4. The van der Waals surface area contributed by atoms with E-state index >= 15 is 0 Å². The van der Waals surface area contributed by atoms with Gasteiger partial charge in [-0.15, -0.1) is 0 Å². The van der Waals surface area contributed by atoms with Crippen LogP contribution in [0.15, 0.2) is 24.3 Å². The molecule has 0 radical (unpaired) electrons. The molecule has 1 atom stereocenters. The van der Waals surface area contributed by atoms with Crippen LogP contribution >= 0.6 is 0 Å². The number of carbonyl (C=O) groups excluding carboxylic acids is 3. The molecule has 0 bridgehead atoms. The summed E-state index contributed by atoms with van der Waals surface area (Å²) in [5.74, 6) is -0.436. The van der Waals surface area contributed by atoms with Crippen molar-refractivity contribution in [1.82, 2.24) is 14.7 Å². The van der Waals surface area contributed by atoms with Gasteiger partial charge in [-0.25, -0.2) is 0 Å². The highest BCUT2D eigenvalue weighted by atomic mass is 16.5. The normalized spacial score (nSPS) is 23.2. The Labute approximate surface area is 171 Å². The summed E-state index contributed by atoms with van der Waals surface area (Å²) in [6, 6.07) is 7.37. The Kier molecular flexibility index (Phi) is 5.11. The maximum Gasteiger partial charge on any atom is 0.255 e. The average molecular weight is 399 g/mol. The first kappa shape index (κ1) is 19.9. The van der Waals surface area contributed by atoms with Crippen LogP contribution in [0.2, 0.25) is 0 Å². The van der Waals surface area contributed by atoms with E-state index in [1.807, 2.05) is 54.8 Å². The summed E-state index contributed by atoms with van der Waals surface area (Å²) in [6.45, 7) is 8.77. The van der Waals surface area contributed by atoms with Crippen LogP contribution in [-0.2, 0) is 14.3 Å². The van der Waals surface area contributed by atoms with E-state index in [9.17, 15) is 14.4 Å². The number of ether oxygens (including phenoxy) is 1. The van der Waals surface area contributed by atoms with Gasteiger partial charge in [-0.2, -0.15) is 0 Å². The van der Waals surface area contributed by atoms with E-state index in [2.05, 4.69) is 0 Å². The predicted octanol–water partition coefficient (Wildman–Crippen LogP) is 1.48. The van der Waals surface area contributed by atoms with Crippen molar-refractivity contribution in [2.75, 3.05) is 39.4 Å². The fourth-order valence-corrected chi connectivity index (χ4v) is 5.13.